The molecule has 0 radical (unpaired) electrons. The molecular formula is C9H14ClNS. The molecule has 0 spiro atoms. The molecule has 0 aliphatic heterocycles. The predicted molar refractivity (Wildman–Crippen MR) is 56.1 cm³/mol. The molecule has 0 saturated carbocycles. The van der Waals surface area contributed by atoms with Gasteiger partial charge in [-0.05, 0) is 38.1 Å². The number of hydrogen-bond donors (Lipinski definition) is 1. The third kappa shape index (κ3) is 3.13. The minimum atomic E-state index is 0.685. The highest BCUT2D eigenvalue weighted by molar-refractivity contribution is 7.16. The van der Waals surface area contributed by atoms with E-state index in [2.05, 4.69) is 18.3 Å². The molecule has 3 heteroatoms. The Hall–Kier alpha value is -0.0500. The fourth-order valence-electron chi connectivity index (χ4n) is 1.23. The zero-order valence-corrected chi connectivity index (χ0v) is 9.00. The molecule has 0 amide bonds. The van der Waals surface area contributed by atoms with E-state index in [0.717, 1.165) is 17.3 Å². The summed E-state index contributed by atoms with van der Waals surface area (Å²) in [5, 5.41) is 3.17. The van der Waals surface area contributed by atoms with Crippen molar-refractivity contribution < 1.29 is 0 Å². The molecule has 1 nitrogen and oxygen atoms in total. The molecule has 0 fully saturated rings. The van der Waals surface area contributed by atoms with Crippen LogP contribution in [0.25, 0.3) is 0 Å². The molecule has 0 aliphatic carbocycles. The molecule has 0 bridgehead atoms. The SMILES string of the molecule is CNCC(C)Cc1ccc(Cl)s1. The van der Waals surface area contributed by atoms with Gasteiger partial charge in [0, 0.05) is 4.88 Å². The average Bonchev–Trinajstić information content (AvgIpc) is 2.36. The molecule has 1 heterocycles. The van der Waals surface area contributed by atoms with Gasteiger partial charge in [-0.25, -0.2) is 0 Å². The third-order valence-electron chi connectivity index (χ3n) is 1.73. The number of rotatable bonds is 4. The molecule has 1 N–H and O–H groups in total. The Morgan fingerprint density at radius 3 is 2.83 bits per heavy atom. The smallest absolute Gasteiger partial charge is 0.0931 e. The number of nitrogens with one attached hydrogen (secondary N) is 1. The van der Waals surface area contributed by atoms with Crippen molar-refractivity contribution in [2.45, 2.75) is 13.3 Å². The predicted octanol–water partition coefficient (Wildman–Crippen LogP) is 2.80. The van der Waals surface area contributed by atoms with Crippen LogP contribution < -0.4 is 5.32 Å². The molecule has 1 rings (SSSR count). The average molecular weight is 204 g/mol. The van der Waals surface area contributed by atoms with E-state index in [1.807, 2.05) is 13.1 Å². The Balaban J connectivity index is 2.41. The second-order valence-corrected chi connectivity index (χ2v) is 4.87. The summed E-state index contributed by atoms with van der Waals surface area (Å²) >= 11 is 7.50. The second-order valence-electron chi connectivity index (χ2n) is 3.07. The number of hydrogen-bond acceptors (Lipinski definition) is 2. The molecule has 1 atom stereocenters. The summed E-state index contributed by atoms with van der Waals surface area (Å²) in [7, 11) is 1.98. The van der Waals surface area contributed by atoms with Crippen molar-refractivity contribution >= 4 is 22.9 Å². The highest BCUT2D eigenvalue weighted by Crippen LogP contribution is 2.23. The number of thiophene rings is 1. The van der Waals surface area contributed by atoms with Gasteiger partial charge in [-0.1, -0.05) is 18.5 Å². The Labute approximate surface area is 82.7 Å². The van der Waals surface area contributed by atoms with E-state index in [1.54, 1.807) is 11.3 Å². The molecular weight excluding hydrogens is 190 g/mol. The molecule has 12 heavy (non-hydrogen) atoms. The Bertz CT molecular complexity index is 234. The van der Waals surface area contributed by atoms with Gasteiger partial charge in [0.25, 0.3) is 0 Å². The van der Waals surface area contributed by atoms with Gasteiger partial charge in [0.2, 0.25) is 0 Å². The maximum atomic E-state index is 5.82. The van der Waals surface area contributed by atoms with Crippen molar-refractivity contribution in [2.75, 3.05) is 13.6 Å². The minimum Gasteiger partial charge on any atom is -0.319 e. The highest BCUT2D eigenvalue weighted by Gasteiger charge is 2.04. The molecule has 1 aromatic heterocycles. The van der Waals surface area contributed by atoms with E-state index in [9.17, 15) is 0 Å². The van der Waals surface area contributed by atoms with Crippen LogP contribution in [0.3, 0.4) is 0 Å². The van der Waals surface area contributed by atoms with E-state index in [0.29, 0.717) is 5.92 Å². The maximum Gasteiger partial charge on any atom is 0.0931 e. The van der Waals surface area contributed by atoms with Crippen LogP contribution in [-0.4, -0.2) is 13.6 Å². The van der Waals surface area contributed by atoms with Crippen LogP contribution in [0.15, 0.2) is 12.1 Å². The topological polar surface area (TPSA) is 12.0 Å². The van der Waals surface area contributed by atoms with Gasteiger partial charge >= 0.3 is 0 Å². The van der Waals surface area contributed by atoms with Crippen molar-refractivity contribution in [3.63, 3.8) is 0 Å². The summed E-state index contributed by atoms with van der Waals surface area (Å²) in [5.41, 5.74) is 0. The lowest BCUT2D eigenvalue weighted by Gasteiger charge is -2.07. The van der Waals surface area contributed by atoms with Gasteiger partial charge in [0.05, 0.1) is 4.34 Å². The van der Waals surface area contributed by atoms with Gasteiger partial charge in [0.1, 0.15) is 0 Å². The summed E-state index contributed by atoms with van der Waals surface area (Å²) in [4.78, 5) is 1.38. The van der Waals surface area contributed by atoms with E-state index < -0.39 is 0 Å². The highest BCUT2D eigenvalue weighted by atomic mass is 35.5. The number of halogens is 1. The van der Waals surface area contributed by atoms with Gasteiger partial charge in [-0.15, -0.1) is 11.3 Å². The standard InChI is InChI=1S/C9H14ClNS/c1-7(6-11-2)5-8-3-4-9(10)12-8/h3-4,7,11H,5-6H2,1-2H3. The van der Waals surface area contributed by atoms with Crippen LogP contribution in [0.2, 0.25) is 4.34 Å². The molecule has 1 unspecified atom stereocenters. The van der Waals surface area contributed by atoms with Gasteiger partial charge in [-0.3, -0.25) is 0 Å². The molecule has 0 saturated heterocycles. The summed E-state index contributed by atoms with van der Waals surface area (Å²) in [6.45, 7) is 3.31. The van der Waals surface area contributed by atoms with Crippen LogP contribution in [0.5, 0.6) is 0 Å². The Morgan fingerprint density at radius 2 is 2.33 bits per heavy atom. The monoisotopic (exact) mass is 203 g/mol. The Kier molecular flexibility index (Phi) is 4.06. The zero-order chi connectivity index (χ0) is 8.97. The fraction of sp³-hybridized carbons (Fsp3) is 0.556. The normalized spacial score (nSPS) is 13.2. The Morgan fingerprint density at radius 1 is 1.58 bits per heavy atom. The lowest BCUT2D eigenvalue weighted by molar-refractivity contribution is 0.545. The fourth-order valence-corrected chi connectivity index (χ4v) is 2.48. The van der Waals surface area contributed by atoms with Crippen molar-refractivity contribution in [3.05, 3.63) is 21.3 Å². The van der Waals surface area contributed by atoms with Crippen LogP contribution in [0.4, 0.5) is 0 Å². The first kappa shape index (κ1) is 10.0. The lowest BCUT2D eigenvalue weighted by atomic mass is 10.1. The van der Waals surface area contributed by atoms with E-state index in [-0.39, 0.29) is 0 Å². The van der Waals surface area contributed by atoms with Crippen LogP contribution >= 0.6 is 22.9 Å². The molecule has 68 valence electrons. The van der Waals surface area contributed by atoms with Crippen molar-refractivity contribution in [1.29, 1.82) is 0 Å². The second kappa shape index (κ2) is 4.85. The summed E-state index contributed by atoms with van der Waals surface area (Å²) in [5.74, 6) is 0.685. The lowest BCUT2D eigenvalue weighted by Crippen LogP contribution is -2.17. The maximum absolute atomic E-state index is 5.82. The zero-order valence-electron chi connectivity index (χ0n) is 7.43. The first-order valence-electron chi connectivity index (χ1n) is 4.11. The van der Waals surface area contributed by atoms with E-state index in [1.165, 1.54) is 4.88 Å². The van der Waals surface area contributed by atoms with Gasteiger partial charge in [-0.2, -0.15) is 0 Å². The van der Waals surface area contributed by atoms with Gasteiger partial charge in [0.15, 0.2) is 0 Å². The van der Waals surface area contributed by atoms with E-state index >= 15 is 0 Å². The van der Waals surface area contributed by atoms with Gasteiger partial charge < -0.3 is 5.32 Å². The largest absolute Gasteiger partial charge is 0.319 e. The third-order valence-corrected chi connectivity index (χ3v) is 2.98. The van der Waals surface area contributed by atoms with Crippen molar-refractivity contribution in [3.8, 4) is 0 Å². The summed E-state index contributed by atoms with van der Waals surface area (Å²) in [6, 6.07) is 4.08. The summed E-state index contributed by atoms with van der Waals surface area (Å²) < 4.78 is 0.890. The van der Waals surface area contributed by atoms with Crippen LogP contribution in [0, 0.1) is 5.92 Å². The van der Waals surface area contributed by atoms with Crippen LogP contribution in [0.1, 0.15) is 11.8 Å². The van der Waals surface area contributed by atoms with E-state index in [4.69, 9.17) is 11.6 Å². The van der Waals surface area contributed by atoms with Crippen molar-refractivity contribution in [2.24, 2.45) is 5.92 Å². The van der Waals surface area contributed by atoms with Crippen molar-refractivity contribution in [1.82, 2.24) is 5.32 Å². The minimum absolute atomic E-state index is 0.685. The summed E-state index contributed by atoms with van der Waals surface area (Å²) in [6.07, 6.45) is 1.12. The first-order chi connectivity index (χ1) is 5.72. The quantitative estimate of drug-likeness (QED) is 0.794. The molecule has 0 aromatic carbocycles. The first-order valence-corrected chi connectivity index (χ1v) is 5.30. The molecule has 0 aliphatic rings. The molecule has 1 aromatic rings. The van der Waals surface area contributed by atoms with Crippen LogP contribution in [-0.2, 0) is 6.42 Å².